The zero-order chi connectivity index (χ0) is 23.4. The largest absolute Gasteiger partial charge is 0.494 e. The van der Waals surface area contributed by atoms with Crippen LogP contribution in [0.5, 0.6) is 5.75 Å². The first kappa shape index (κ1) is 22.5. The molecule has 4 rings (SSSR count). The van der Waals surface area contributed by atoms with Gasteiger partial charge < -0.3 is 10.1 Å². The standard InChI is InChI=1S/C25H25N3O4S/c1-3-32-19-11-7-10-17(14-19)12-13-26-22(29)21-15-20-23(30)28(16-18-8-5-4-6-9-18)25(31)27(2)24(20)33-21/h4-11,14-15H,3,12-13,16H2,1-2H3,(H,26,29). The van der Waals surface area contributed by atoms with Gasteiger partial charge in [-0.3, -0.25) is 18.7 Å². The lowest BCUT2D eigenvalue weighted by molar-refractivity contribution is 0.0958. The summed E-state index contributed by atoms with van der Waals surface area (Å²) >= 11 is 1.15. The quantitative estimate of drug-likeness (QED) is 0.435. The Morgan fingerprint density at radius 3 is 2.55 bits per heavy atom. The first-order valence-corrected chi connectivity index (χ1v) is 11.6. The number of hydrogen-bond donors (Lipinski definition) is 1. The summed E-state index contributed by atoms with van der Waals surface area (Å²) in [6, 6.07) is 18.7. The Hall–Kier alpha value is -3.65. The predicted molar refractivity (Wildman–Crippen MR) is 131 cm³/mol. The van der Waals surface area contributed by atoms with E-state index in [-0.39, 0.29) is 18.0 Å². The molecule has 2 aromatic carbocycles. The Morgan fingerprint density at radius 1 is 1.03 bits per heavy atom. The minimum atomic E-state index is -0.403. The molecule has 2 heterocycles. The van der Waals surface area contributed by atoms with Gasteiger partial charge in [-0.2, -0.15) is 0 Å². The van der Waals surface area contributed by atoms with E-state index in [9.17, 15) is 14.4 Å². The van der Waals surface area contributed by atoms with Gasteiger partial charge in [0.05, 0.1) is 23.4 Å². The molecule has 170 valence electrons. The van der Waals surface area contributed by atoms with E-state index in [2.05, 4.69) is 5.32 Å². The second-order valence-electron chi connectivity index (χ2n) is 7.63. The van der Waals surface area contributed by atoms with Gasteiger partial charge in [0.15, 0.2) is 0 Å². The van der Waals surface area contributed by atoms with Gasteiger partial charge in [0.1, 0.15) is 10.6 Å². The fourth-order valence-corrected chi connectivity index (χ4v) is 4.69. The van der Waals surface area contributed by atoms with Crippen molar-refractivity contribution in [2.45, 2.75) is 19.9 Å². The van der Waals surface area contributed by atoms with Crippen LogP contribution < -0.4 is 21.3 Å². The molecule has 33 heavy (non-hydrogen) atoms. The third-order valence-electron chi connectivity index (χ3n) is 5.33. The van der Waals surface area contributed by atoms with Crippen molar-refractivity contribution in [3.63, 3.8) is 0 Å². The van der Waals surface area contributed by atoms with E-state index in [1.54, 1.807) is 13.1 Å². The molecule has 0 aliphatic rings. The average molecular weight is 464 g/mol. The van der Waals surface area contributed by atoms with E-state index in [0.717, 1.165) is 28.2 Å². The van der Waals surface area contributed by atoms with Crippen LogP contribution in [0.1, 0.15) is 27.7 Å². The summed E-state index contributed by atoms with van der Waals surface area (Å²) in [4.78, 5) is 39.5. The predicted octanol–water partition coefficient (Wildman–Crippen LogP) is 3.18. The number of aromatic nitrogens is 2. The first-order chi connectivity index (χ1) is 16.0. The maximum Gasteiger partial charge on any atom is 0.332 e. The number of carbonyl (C=O) groups excluding carboxylic acids is 1. The summed E-state index contributed by atoms with van der Waals surface area (Å²) < 4.78 is 8.15. The maximum absolute atomic E-state index is 13.0. The van der Waals surface area contributed by atoms with Crippen molar-refractivity contribution in [3.05, 3.63) is 97.5 Å². The summed E-state index contributed by atoms with van der Waals surface area (Å²) in [5, 5.41) is 3.27. The van der Waals surface area contributed by atoms with Crippen molar-refractivity contribution < 1.29 is 9.53 Å². The van der Waals surface area contributed by atoms with E-state index in [0.29, 0.717) is 34.7 Å². The van der Waals surface area contributed by atoms with Crippen LogP contribution in [-0.4, -0.2) is 28.2 Å². The van der Waals surface area contributed by atoms with E-state index in [1.807, 2.05) is 61.5 Å². The average Bonchev–Trinajstić information content (AvgIpc) is 3.28. The van der Waals surface area contributed by atoms with Crippen molar-refractivity contribution in [3.8, 4) is 5.75 Å². The molecule has 0 atom stereocenters. The van der Waals surface area contributed by atoms with Crippen LogP contribution in [0.3, 0.4) is 0 Å². The number of nitrogens with one attached hydrogen (secondary N) is 1. The molecule has 8 heteroatoms. The number of thiophene rings is 1. The summed E-state index contributed by atoms with van der Waals surface area (Å²) in [5.74, 6) is 0.539. The van der Waals surface area contributed by atoms with Crippen molar-refractivity contribution in [2.24, 2.45) is 7.05 Å². The van der Waals surface area contributed by atoms with E-state index < -0.39 is 5.69 Å². The number of hydrogen-bond acceptors (Lipinski definition) is 5. The Kier molecular flexibility index (Phi) is 6.74. The zero-order valence-corrected chi connectivity index (χ0v) is 19.4. The van der Waals surface area contributed by atoms with Gasteiger partial charge in [-0.05, 0) is 42.7 Å². The highest BCUT2D eigenvalue weighted by Gasteiger charge is 2.18. The highest BCUT2D eigenvalue weighted by atomic mass is 32.1. The Bertz CT molecular complexity index is 1400. The smallest absolute Gasteiger partial charge is 0.332 e. The Morgan fingerprint density at radius 2 is 1.79 bits per heavy atom. The van der Waals surface area contributed by atoms with Crippen LogP contribution in [0, 0.1) is 0 Å². The van der Waals surface area contributed by atoms with Gasteiger partial charge >= 0.3 is 5.69 Å². The molecule has 0 saturated carbocycles. The molecule has 0 saturated heterocycles. The molecule has 4 aromatic rings. The number of carbonyl (C=O) groups is 1. The fraction of sp³-hybridized carbons (Fsp3) is 0.240. The van der Waals surface area contributed by atoms with Gasteiger partial charge in [-0.15, -0.1) is 11.3 Å². The maximum atomic E-state index is 13.0. The summed E-state index contributed by atoms with van der Waals surface area (Å²) in [6.07, 6.45) is 0.653. The second kappa shape index (κ2) is 9.87. The number of nitrogens with zero attached hydrogens (tertiary/aromatic N) is 2. The van der Waals surface area contributed by atoms with Crippen LogP contribution >= 0.6 is 11.3 Å². The number of rotatable bonds is 8. The first-order valence-electron chi connectivity index (χ1n) is 10.7. The van der Waals surface area contributed by atoms with Gasteiger partial charge in [0.25, 0.3) is 11.5 Å². The van der Waals surface area contributed by atoms with Crippen LogP contribution in [0.25, 0.3) is 10.2 Å². The third-order valence-corrected chi connectivity index (χ3v) is 6.54. The number of aryl methyl sites for hydroxylation is 1. The SMILES string of the molecule is CCOc1cccc(CCNC(=O)c2cc3c(=O)n(Cc4ccccc4)c(=O)n(C)c3s2)c1. The Balaban J connectivity index is 1.52. The fourth-order valence-electron chi connectivity index (χ4n) is 3.67. The van der Waals surface area contributed by atoms with Crippen LogP contribution in [0.2, 0.25) is 0 Å². The van der Waals surface area contributed by atoms with Crippen molar-refractivity contribution in [1.82, 2.24) is 14.5 Å². The second-order valence-corrected chi connectivity index (χ2v) is 8.66. The number of fused-ring (bicyclic) bond motifs is 1. The van der Waals surface area contributed by atoms with E-state index >= 15 is 0 Å². The zero-order valence-electron chi connectivity index (χ0n) is 18.5. The minimum Gasteiger partial charge on any atom is -0.494 e. The summed E-state index contributed by atoms with van der Waals surface area (Å²) in [5.41, 5.74) is 1.13. The molecule has 1 N–H and O–H groups in total. The van der Waals surface area contributed by atoms with Gasteiger partial charge in [0, 0.05) is 13.6 Å². The normalized spacial score (nSPS) is 11.0. The molecular formula is C25H25N3O4S. The summed E-state index contributed by atoms with van der Waals surface area (Å²) in [6.45, 7) is 3.16. The van der Waals surface area contributed by atoms with Crippen LogP contribution in [-0.2, 0) is 20.0 Å². The molecule has 7 nitrogen and oxygen atoms in total. The third kappa shape index (κ3) is 4.90. The number of ether oxygens (including phenoxy) is 1. The van der Waals surface area contributed by atoms with Crippen LogP contribution in [0.4, 0.5) is 0 Å². The topological polar surface area (TPSA) is 82.3 Å². The van der Waals surface area contributed by atoms with E-state index in [1.165, 1.54) is 9.13 Å². The molecule has 0 radical (unpaired) electrons. The molecule has 2 aromatic heterocycles. The van der Waals surface area contributed by atoms with Gasteiger partial charge in [-0.25, -0.2) is 4.79 Å². The molecule has 0 spiro atoms. The molecule has 1 amide bonds. The van der Waals surface area contributed by atoms with Crippen LogP contribution in [0.15, 0.2) is 70.3 Å². The van der Waals surface area contributed by atoms with Crippen molar-refractivity contribution in [1.29, 1.82) is 0 Å². The van der Waals surface area contributed by atoms with Crippen molar-refractivity contribution >= 4 is 27.5 Å². The lowest BCUT2D eigenvalue weighted by Crippen LogP contribution is -2.38. The molecule has 0 bridgehead atoms. The minimum absolute atomic E-state index is 0.181. The number of amides is 1. The highest BCUT2D eigenvalue weighted by Crippen LogP contribution is 2.22. The molecular weight excluding hydrogens is 438 g/mol. The molecule has 0 unspecified atom stereocenters. The highest BCUT2D eigenvalue weighted by molar-refractivity contribution is 7.20. The lowest BCUT2D eigenvalue weighted by Gasteiger charge is -2.08. The van der Waals surface area contributed by atoms with Gasteiger partial charge in [0.2, 0.25) is 0 Å². The number of benzene rings is 2. The lowest BCUT2D eigenvalue weighted by atomic mass is 10.1. The van der Waals surface area contributed by atoms with Gasteiger partial charge in [-0.1, -0.05) is 42.5 Å². The van der Waals surface area contributed by atoms with E-state index in [4.69, 9.17) is 4.74 Å². The molecule has 0 aliphatic carbocycles. The monoisotopic (exact) mass is 463 g/mol. The molecule has 0 fully saturated rings. The summed E-state index contributed by atoms with van der Waals surface area (Å²) in [7, 11) is 1.62. The van der Waals surface area contributed by atoms with Crippen molar-refractivity contribution in [2.75, 3.05) is 13.2 Å². The molecule has 0 aliphatic heterocycles. The Labute approximate surface area is 194 Å².